The highest BCUT2D eigenvalue weighted by Crippen LogP contribution is 2.24. The highest BCUT2D eigenvalue weighted by atomic mass is 16.5. The zero-order valence-corrected chi connectivity index (χ0v) is 15.0. The zero-order valence-electron chi connectivity index (χ0n) is 15.0. The maximum Gasteiger partial charge on any atom is 0.229 e. The maximum absolute atomic E-state index is 12.4. The molecule has 0 bridgehead atoms. The number of ether oxygens (including phenoxy) is 1. The number of benzene rings is 1. The van der Waals surface area contributed by atoms with Gasteiger partial charge in [-0.1, -0.05) is 26.0 Å². The van der Waals surface area contributed by atoms with E-state index in [1.165, 1.54) is 5.56 Å². The lowest BCUT2D eigenvalue weighted by Gasteiger charge is -2.23. The number of hydrogen-bond acceptors (Lipinski definition) is 3. The molecule has 1 N–H and O–H groups in total. The fourth-order valence-electron chi connectivity index (χ4n) is 3.04. The number of amides is 2. The molecule has 1 aromatic rings. The number of nitrogens with zero attached hydrogens (tertiary/aromatic N) is 1. The third kappa shape index (κ3) is 4.35. The molecule has 5 heteroatoms. The Morgan fingerprint density at radius 1 is 1.33 bits per heavy atom. The third-order valence-corrected chi connectivity index (χ3v) is 4.83. The smallest absolute Gasteiger partial charge is 0.229 e. The average molecular weight is 332 g/mol. The van der Waals surface area contributed by atoms with E-state index in [0.717, 1.165) is 12.1 Å². The summed E-state index contributed by atoms with van der Waals surface area (Å²) in [6.45, 7) is 7.23. The van der Waals surface area contributed by atoms with Crippen LogP contribution in [0.1, 0.15) is 45.1 Å². The van der Waals surface area contributed by atoms with Crippen molar-refractivity contribution in [1.29, 1.82) is 0 Å². The van der Waals surface area contributed by atoms with Gasteiger partial charge >= 0.3 is 0 Å². The van der Waals surface area contributed by atoms with Gasteiger partial charge in [0.1, 0.15) is 0 Å². The molecule has 1 aliphatic heterocycles. The van der Waals surface area contributed by atoms with Crippen molar-refractivity contribution in [2.45, 2.75) is 45.6 Å². The Balaban J connectivity index is 1.94. The second-order valence-corrected chi connectivity index (χ2v) is 6.67. The summed E-state index contributed by atoms with van der Waals surface area (Å²) < 4.78 is 5.10. The number of carbonyl (C=O) groups excluding carboxylic acids is 2. The summed E-state index contributed by atoms with van der Waals surface area (Å²) in [5.74, 6) is 0.141. The fourth-order valence-corrected chi connectivity index (χ4v) is 3.04. The van der Waals surface area contributed by atoms with Crippen molar-refractivity contribution in [3.63, 3.8) is 0 Å². The second-order valence-electron chi connectivity index (χ2n) is 6.67. The van der Waals surface area contributed by atoms with Crippen LogP contribution in [-0.4, -0.2) is 43.0 Å². The second kappa shape index (κ2) is 8.29. The van der Waals surface area contributed by atoms with Crippen LogP contribution in [0, 0.1) is 5.92 Å². The van der Waals surface area contributed by atoms with E-state index in [0.29, 0.717) is 19.1 Å². The molecule has 2 rings (SSSR count). The molecule has 1 heterocycles. The number of anilines is 1. The Bertz CT molecular complexity index is 570. The first-order chi connectivity index (χ1) is 11.5. The molecule has 1 saturated heterocycles. The van der Waals surface area contributed by atoms with E-state index >= 15 is 0 Å². The Kier molecular flexibility index (Phi) is 6.37. The molecule has 24 heavy (non-hydrogen) atoms. The van der Waals surface area contributed by atoms with Gasteiger partial charge in [0.15, 0.2) is 0 Å². The van der Waals surface area contributed by atoms with Crippen molar-refractivity contribution in [3.8, 4) is 0 Å². The van der Waals surface area contributed by atoms with Crippen LogP contribution >= 0.6 is 0 Å². The van der Waals surface area contributed by atoms with Crippen LogP contribution < -0.4 is 5.32 Å². The van der Waals surface area contributed by atoms with Crippen LogP contribution in [0.25, 0.3) is 0 Å². The van der Waals surface area contributed by atoms with Crippen molar-refractivity contribution >= 4 is 17.5 Å². The van der Waals surface area contributed by atoms with Crippen LogP contribution in [0.15, 0.2) is 24.3 Å². The van der Waals surface area contributed by atoms with Gasteiger partial charge in [-0.2, -0.15) is 0 Å². The van der Waals surface area contributed by atoms with Crippen LogP contribution in [0.4, 0.5) is 5.69 Å². The third-order valence-electron chi connectivity index (χ3n) is 4.83. The Morgan fingerprint density at radius 2 is 2.00 bits per heavy atom. The number of nitrogens with one attached hydrogen (secondary N) is 1. The van der Waals surface area contributed by atoms with Gasteiger partial charge in [-0.05, 0) is 37.0 Å². The largest absolute Gasteiger partial charge is 0.383 e. The standard InChI is InChI=1S/C19H28N2O3/c1-5-13(2)15-6-8-17(9-7-15)20-19(23)16-10-18(22)21(11-16)14(3)12-24-4/h6-9,13-14,16H,5,10-12H2,1-4H3,(H,20,23)/t13-,14+,16-/m1/s1. The van der Waals surface area contributed by atoms with Gasteiger partial charge in [-0.15, -0.1) is 0 Å². The Labute approximate surface area is 144 Å². The lowest BCUT2D eigenvalue weighted by Crippen LogP contribution is -2.38. The van der Waals surface area contributed by atoms with Gasteiger partial charge in [-0.25, -0.2) is 0 Å². The van der Waals surface area contributed by atoms with Crippen molar-refractivity contribution in [2.75, 3.05) is 25.6 Å². The van der Waals surface area contributed by atoms with E-state index in [9.17, 15) is 9.59 Å². The minimum atomic E-state index is -0.300. The highest BCUT2D eigenvalue weighted by molar-refractivity contribution is 5.97. The first kappa shape index (κ1) is 18.5. The molecule has 0 aliphatic carbocycles. The van der Waals surface area contributed by atoms with Crippen molar-refractivity contribution in [2.24, 2.45) is 5.92 Å². The molecular formula is C19H28N2O3. The lowest BCUT2D eigenvalue weighted by molar-refractivity contribution is -0.130. The van der Waals surface area contributed by atoms with E-state index in [1.807, 2.05) is 19.1 Å². The first-order valence-electron chi connectivity index (χ1n) is 8.65. The highest BCUT2D eigenvalue weighted by Gasteiger charge is 2.36. The number of rotatable bonds is 7. The molecule has 0 saturated carbocycles. The summed E-state index contributed by atoms with van der Waals surface area (Å²) >= 11 is 0. The number of likely N-dealkylation sites (tertiary alicyclic amines) is 1. The van der Waals surface area contributed by atoms with E-state index in [-0.39, 0.29) is 30.2 Å². The predicted octanol–water partition coefficient (Wildman–Crippen LogP) is 3.02. The van der Waals surface area contributed by atoms with Gasteiger partial charge in [-0.3, -0.25) is 9.59 Å². The molecule has 0 radical (unpaired) electrons. The Morgan fingerprint density at radius 3 is 2.58 bits per heavy atom. The zero-order chi connectivity index (χ0) is 17.7. The average Bonchev–Trinajstić information content (AvgIpc) is 2.97. The van der Waals surface area contributed by atoms with Gasteiger partial charge in [0, 0.05) is 25.8 Å². The summed E-state index contributed by atoms with van der Waals surface area (Å²) in [5, 5.41) is 2.93. The minimum Gasteiger partial charge on any atom is -0.383 e. The number of methoxy groups -OCH3 is 1. The molecule has 1 aliphatic rings. The van der Waals surface area contributed by atoms with E-state index < -0.39 is 0 Å². The summed E-state index contributed by atoms with van der Waals surface area (Å²) in [7, 11) is 1.62. The van der Waals surface area contributed by atoms with E-state index in [4.69, 9.17) is 4.74 Å². The summed E-state index contributed by atoms with van der Waals surface area (Å²) in [6, 6.07) is 7.96. The van der Waals surface area contributed by atoms with E-state index in [1.54, 1.807) is 12.0 Å². The molecule has 0 aromatic heterocycles. The number of hydrogen-bond donors (Lipinski definition) is 1. The topological polar surface area (TPSA) is 58.6 Å². The van der Waals surface area contributed by atoms with E-state index in [2.05, 4.69) is 31.3 Å². The molecule has 1 aromatic carbocycles. The Hall–Kier alpha value is -1.88. The summed E-state index contributed by atoms with van der Waals surface area (Å²) in [4.78, 5) is 26.3. The molecule has 5 nitrogen and oxygen atoms in total. The van der Waals surface area contributed by atoms with Crippen LogP contribution in [0.2, 0.25) is 0 Å². The van der Waals surface area contributed by atoms with Crippen LogP contribution in [0.5, 0.6) is 0 Å². The van der Waals surface area contributed by atoms with Crippen LogP contribution in [0.3, 0.4) is 0 Å². The predicted molar refractivity (Wildman–Crippen MR) is 94.9 cm³/mol. The molecular weight excluding hydrogens is 304 g/mol. The van der Waals surface area contributed by atoms with Crippen molar-refractivity contribution < 1.29 is 14.3 Å². The molecule has 0 unspecified atom stereocenters. The lowest BCUT2D eigenvalue weighted by atomic mass is 9.98. The summed E-state index contributed by atoms with van der Waals surface area (Å²) in [5.41, 5.74) is 2.05. The van der Waals surface area contributed by atoms with Gasteiger partial charge < -0.3 is 15.0 Å². The fraction of sp³-hybridized carbons (Fsp3) is 0.579. The summed E-state index contributed by atoms with van der Waals surface area (Å²) in [6.07, 6.45) is 1.36. The molecule has 3 atom stereocenters. The SMILES string of the molecule is CC[C@@H](C)c1ccc(NC(=O)[C@@H]2CC(=O)N([C@@H](C)COC)C2)cc1. The first-order valence-corrected chi connectivity index (χ1v) is 8.65. The van der Waals surface area contributed by atoms with Gasteiger partial charge in [0.2, 0.25) is 11.8 Å². The minimum absolute atomic E-state index is 0.00452. The van der Waals surface area contributed by atoms with Gasteiger partial charge in [0.05, 0.1) is 18.6 Å². The van der Waals surface area contributed by atoms with Crippen LogP contribution in [-0.2, 0) is 14.3 Å². The molecule has 0 spiro atoms. The maximum atomic E-state index is 12.4. The molecule has 2 amide bonds. The normalized spacial score (nSPS) is 20.1. The molecule has 1 fully saturated rings. The number of carbonyl (C=O) groups is 2. The molecule has 132 valence electrons. The van der Waals surface area contributed by atoms with Crippen molar-refractivity contribution in [3.05, 3.63) is 29.8 Å². The monoisotopic (exact) mass is 332 g/mol. The van der Waals surface area contributed by atoms with Crippen molar-refractivity contribution in [1.82, 2.24) is 4.90 Å². The quantitative estimate of drug-likeness (QED) is 0.835. The van der Waals surface area contributed by atoms with Gasteiger partial charge in [0.25, 0.3) is 0 Å².